The minimum atomic E-state index is -1.13. The van der Waals surface area contributed by atoms with Crippen LogP contribution in [0.25, 0.3) is 0 Å². The zero-order valence-electron chi connectivity index (χ0n) is 15.8. The lowest BCUT2D eigenvalue weighted by Crippen LogP contribution is -2.66. The first-order chi connectivity index (χ1) is 12.6. The maximum atomic E-state index is 11.6. The van der Waals surface area contributed by atoms with E-state index in [1.165, 1.54) is 33.8 Å². The van der Waals surface area contributed by atoms with Crippen LogP contribution < -0.4 is 5.32 Å². The minimum absolute atomic E-state index is 0.0755. The number of esters is 3. The van der Waals surface area contributed by atoms with Crippen LogP contribution in [0.1, 0.15) is 27.7 Å². The average molecular weight is 387 g/mol. The van der Waals surface area contributed by atoms with Crippen molar-refractivity contribution < 1.29 is 42.9 Å². The first-order valence-corrected chi connectivity index (χ1v) is 8.28. The van der Waals surface area contributed by atoms with Crippen LogP contribution in [0, 0.1) is 0 Å². The van der Waals surface area contributed by atoms with Gasteiger partial charge in [0.1, 0.15) is 18.8 Å². The van der Waals surface area contributed by atoms with Gasteiger partial charge in [-0.3, -0.25) is 19.2 Å². The van der Waals surface area contributed by atoms with Crippen molar-refractivity contribution in [2.75, 3.05) is 13.2 Å². The van der Waals surface area contributed by atoms with E-state index in [0.29, 0.717) is 0 Å². The highest BCUT2D eigenvalue weighted by molar-refractivity contribution is 5.73. The lowest BCUT2D eigenvalue weighted by atomic mass is 9.96. The Labute approximate surface area is 157 Å². The van der Waals surface area contributed by atoms with Gasteiger partial charge in [0.2, 0.25) is 5.91 Å². The van der Waals surface area contributed by atoms with Crippen LogP contribution in [0.5, 0.6) is 0 Å². The standard InChI is InChI=1S/C17H25NO9/c1-6-7-23-17-14(18-9(2)19)16(26-12(5)22)15(25-11(4)21)13(27-17)8-24-10(3)20/h6,13-17H,1,7-8H2,2-5H3,(H,18,19)/t13-,14-,15-,16-,17-/m1/s1. The normalized spacial score (nSPS) is 27.2. The molecule has 0 spiro atoms. The smallest absolute Gasteiger partial charge is 0.303 e. The maximum Gasteiger partial charge on any atom is 0.303 e. The van der Waals surface area contributed by atoms with Crippen LogP contribution in [0.15, 0.2) is 12.7 Å². The number of hydrogen-bond donors (Lipinski definition) is 1. The molecule has 1 saturated heterocycles. The molecule has 1 aliphatic heterocycles. The van der Waals surface area contributed by atoms with Crippen LogP contribution in [0.2, 0.25) is 0 Å². The van der Waals surface area contributed by atoms with Gasteiger partial charge < -0.3 is 29.0 Å². The summed E-state index contributed by atoms with van der Waals surface area (Å²) in [5.41, 5.74) is 0. The number of hydrogen-bond acceptors (Lipinski definition) is 9. The average Bonchev–Trinajstić information content (AvgIpc) is 2.54. The number of amides is 1. The van der Waals surface area contributed by atoms with E-state index in [9.17, 15) is 19.2 Å². The molecular formula is C17H25NO9. The van der Waals surface area contributed by atoms with E-state index in [4.69, 9.17) is 23.7 Å². The molecule has 10 heteroatoms. The number of ether oxygens (including phenoxy) is 5. The molecule has 1 N–H and O–H groups in total. The second kappa shape index (κ2) is 10.6. The predicted molar refractivity (Wildman–Crippen MR) is 90.2 cm³/mol. The van der Waals surface area contributed by atoms with Gasteiger partial charge in [0.15, 0.2) is 18.5 Å². The van der Waals surface area contributed by atoms with Gasteiger partial charge in [-0.25, -0.2) is 0 Å². The summed E-state index contributed by atoms with van der Waals surface area (Å²) in [6.45, 7) is 8.16. The molecule has 152 valence electrons. The van der Waals surface area contributed by atoms with Gasteiger partial charge in [0.25, 0.3) is 0 Å². The van der Waals surface area contributed by atoms with Gasteiger partial charge in [0, 0.05) is 27.7 Å². The molecule has 5 atom stereocenters. The van der Waals surface area contributed by atoms with Crippen molar-refractivity contribution in [1.82, 2.24) is 5.32 Å². The fourth-order valence-electron chi connectivity index (χ4n) is 2.60. The van der Waals surface area contributed by atoms with Crippen LogP contribution in [0.4, 0.5) is 0 Å². The molecule has 10 nitrogen and oxygen atoms in total. The summed E-state index contributed by atoms with van der Waals surface area (Å²) < 4.78 is 26.8. The number of rotatable bonds is 8. The molecule has 1 fully saturated rings. The van der Waals surface area contributed by atoms with E-state index >= 15 is 0 Å². The zero-order chi connectivity index (χ0) is 20.6. The van der Waals surface area contributed by atoms with Gasteiger partial charge >= 0.3 is 17.9 Å². The van der Waals surface area contributed by atoms with E-state index in [2.05, 4.69) is 11.9 Å². The molecule has 0 unspecified atom stereocenters. The molecule has 27 heavy (non-hydrogen) atoms. The third-order valence-electron chi connectivity index (χ3n) is 3.45. The number of carbonyl (C=O) groups is 4. The molecule has 0 aromatic carbocycles. The summed E-state index contributed by atoms with van der Waals surface area (Å²) in [6.07, 6.45) is -2.84. The lowest BCUT2D eigenvalue weighted by Gasteiger charge is -2.44. The Hall–Kier alpha value is -2.46. The van der Waals surface area contributed by atoms with Crippen molar-refractivity contribution in [3.63, 3.8) is 0 Å². The van der Waals surface area contributed by atoms with Crippen LogP contribution in [-0.4, -0.2) is 67.7 Å². The van der Waals surface area contributed by atoms with Gasteiger partial charge in [-0.05, 0) is 0 Å². The Kier molecular flexibility index (Phi) is 8.89. The summed E-state index contributed by atoms with van der Waals surface area (Å²) in [5.74, 6) is -2.34. The van der Waals surface area contributed by atoms with E-state index in [-0.39, 0.29) is 13.2 Å². The molecule has 1 amide bonds. The number of carbonyl (C=O) groups excluding carboxylic acids is 4. The van der Waals surface area contributed by atoms with E-state index in [0.717, 1.165) is 0 Å². The molecule has 1 aliphatic rings. The summed E-state index contributed by atoms with van der Waals surface area (Å²) >= 11 is 0. The van der Waals surface area contributed by atoms with E-state index in [1.54, 1.807) is 0 Å². The van der Waals surface area contributed by atoms with Gasteiger partial charge in [-0.2, -0.15) is 0 Å². The van der Waals surface area contributed by atoms with Gasteiger partial charge in [-0.1, -0.05) is 6.08 Å². The highest BCUT2D eigenvalue weighted by Crippen LogP contribution is 2.27. The third kappa shape index (κ3) is 7.35. The fourth-order valence-corrected chi connectivity index (χ4v) is 2.60. The minimum Gasteiger partial charge on any atom is -0.463 e. The van der Waals surface area contributed by atoms with Crippen molar-refractivity contribution >= 4 is 23.8 Å². The molecule has 0 aromatic heterocycles. The Balaban J connectivity index is 3.24. The second-order valence-electron chi connectivity index (χ2n) is 5.84. The summed E-state index contributed by atoms with van der Waals surface area (Å²) in [4.78, 5) is 46.0. The summed E-state index contributed by atoms with van der Waals surface area (Å²) in [5, 5.41) is 2.59. The van der Waals surface area contributed by atoms with E-state index < -0.39 is 54.5 Å². The largest absolute Gasteiger partial charge is 0.463 e. The molecule has 0 aliphatic carbocycles. The van der Waals surface area contributed by atoms with Gasteiger partial charge in [0.05, 0.1) is 6.61 Å². The molecule has 1 rings (SSSR count). The Morgan fingerprint density at radius 1 is 1.00 bits per heavy atom. The molecule has 0 bridgehead atoms. The molecule has 0 saturated carbocycles. The Morgan fingerprint density at radius 2 is 1.59 bits per heavy atom. The highest BCUT2D eigenvalue weighted by Gasteiger charge is 2.51. The third-order valence-corrected chi connectivity index (χ3v) is 3.45. The van der Waals surface area contributed by atoms with Crippen molar-refractivity contribution in [3.8, 4) is 0 Å². The van der Waals surface area contributed by atoms with E-state index in [1.807, 2.05) is 0 Å². The predicted octanol–water partition coefficient (Wildman–Crippen LogP) is -0.155. The first kappa shape index (κ1) is 22.6. The van der Waals surface area contributed by atoms with Crippen LogP contribution in [-0.2, 0) is 42.9 Å². The topological polar surface area (TPSA) is 126 Å². The molecular weight excluding hydrogens is 362 g/mol. The fraction of sp³-hybridized carbons (Fsp3) is 0.647. The molecule has 0 aromatic rings. The SMILES string of the molecule is C=CCO[C@@H]1O[C@H](COC(C)=O)[C@@H](OC(C)=O)[C@H](OC(C)=O)[C@H]1NC(C)=O. The van der Waals surface area contributed by atoms with Crippen LogP contribution >= 0.6 is 0 Å². The highest BCUT2D eigenvalue weighted by atomic mass is 16.7. The van der Waals surface area contributed by atoms with Crippen molar-refractivity contribution in [3.05, 3.63) is 12.7 Å². The lowest BCUT2D eigenvalue weighted by molar-refractivity contribution is -0.275. The Morgan fingerprint density at radius 3 is 2.07 bits per heavy atom. The Bertz CT molecular complexity index is 577. The summed E-state index contributed by atoms with van der Waals surface area (Å²) in [7, 11) is 0. The second-order valence-corrected chi connectivity index (χ2v) is 5.84. The molecule has 1 heterocycles. The quantitative estimate of drug-likeness (QED) is 0.343. The zero-order valence-corrected chi connectivity index (χ0v) is 15.8. The molecule has 0 radical (unpaired) electrons. The summed E-state index contributed by atoms with van der Waals surface area (Å²) in [6, 6.07) is -0.968. The monoisotopic (exact) mass is 387 g/mol. The van der Waals surface area contributed by atoms with Gasteiger partial charge in [-0.15, -0.1) is 6.58 Å². The number of nitrogens with one attached hydrogen (secondary N) is 1. The maximum absolute atomic E-state index is 11.6. The van der Waals surface area contributed by atoms with Crippen molar-refractivity contribution in [2.45, 2.75) is 58.3 Å². The van der Waals surface area contributed by atoms with Crippen molar-refractivity contribution in [1.29, 1.82) is 0 Å². The van der Waals surface area contributed by atoms with Crippen molar-refractivity contribution in [2.24, 2.45) is 0 Å². The first-order valence-electron chi connectivity index (χ1n) is 8.28. The van der Waals surface area contributed by atoms with Crippen LogP contribution in [0.3, 0.4) is 0 Å².